The Morgan fingerprint density at radius 2 is 1.75 bits per heavy atom. The van der Waals surface area contributed by atoms with Gasteiger partial charge in [0.15, 0.2) is 0 Å². The van der Waals surface area contributed by atoms with Crippen LogP contribution in [0.15, 0.2) is 53.0 Å². The van der Waals surface area contributed by atoms with Gasteiger partial charge in [-0.1, -0.05) is 25.3 Å². The van der Waals surface area contributed by atoms with Crippen molar-refractivity contribution in [1.82, 2.24) is 10.2 Å². The highest BCUT2D eigenvalue weighted by Crippen LogP contribution is 2.37. The first-order valence-corrected chi connectivity index (χ1v) is 14.3. The number of hydrogen-bond acceptors (Lipinski definition) is 5. The van der Waals surface area contributed by atoms with Crippen LogP contribution in [0.2, 0.25) is 0 Å². The highest BCUT2D eigenvalue weighted by atomic mass is 19.4. The highest BCUT2D eigenvalue weighted by Gasteiger charge is 2.43. The summed E-state index contributed by atoms with van der Waals surface area (Å²) in [5.74, 6) is -5.38. The Kier molecular flexibility index (Phi) is 8.84. The third-order valence-corrected chi connectivity index (χ3v) is 8.11. The number of benzene rings is 2. The van der Waals surface area contributed by atoms with E-state index in [1.165, 1.54) is 29.2 Å². The molecule has 13 heteroatoms. The van der Waals surface area contributed by atoms with Gasteiger partial charge in [0.05, 0.1) is 23.5 Å². The second-order valence-corrected chi connectivity index (χ2v) is 11.2. The molecule has 1 saturated heterocycles. The van der Waals surface area contributed by atoms with Crippen molar-refractivity contribution in [2.45, 2.75) is 44.3 Å². The maximum Gasteiger partial charge on any atom is 0.414 e. The van der Waals surface area contributed by atoms with Gasteiger partial charge in [0.2, 0.25) is 11.8 Å². The minimum absolute atomic E-state index is 0.0214. The number of amides is 4. The summed E-state index contributed by atoms with van der Waals surface area (Å²) in [4.78, 5) is 56.8. The smallest absolute Gasteiger partial charge is 0.359 e. The molecule has 0 aromatic heterocycles. The van der Waals surface area contributed by atoms with Gasteiger partial charge in [-0.25, -0.2) is 9.38 Å². The molecule has 0 spiro atoms. The number of likely N-dealkylation sites (N-methyl/N-ethyl adjacent to an activating group) is 1. The van der Waals surface area contributed by atoms with Crippen molar-refractivity contribution < 1.29 is 36.7 Å². The van der Waals surface area contributed by atoms with E-state index in [0.717, 1.165) is 38.2 Å². The summed E-state index contributed by atoms with van der Waals surface area (Å²) in [7, 11) is 1.64. The average Bonchev–Trinajstić information content (AvgIpc) is 2.99. The molecular weight excluding hydrogens is 582 g/mol. The number of anilines is 2. The van der Waals surface area contributed by atoms with Crippen molar-refractivity contribution in [1.29, 1.82) is 0 Å². The zero-order chi connectivity index (χ0) is 31.6. The number of halogens is 4. The van der Waals surface area contributed by atoms with Crippen molar-refractivity contribution in [2.75, 3.05) is 36.9 Å². The Labute approximate surface area is 251 Å². The van der Waals surface area contributed by atoms with Crippen LogP contribution in [-0.4, -0.2) is 73.6 Å². The summed E-state index contributed by atoms with van der Waals surface area (Å²) in [5.41, 5.74) is -0.504. The largest absolute Gasteiger partial charge is 0.414 e. The van der Waals surface area contributed by atoms with Gasteiger partial charge in [0.25, 0.3) is 11.8 Å². The molecule has 232 valence electrons. The van der Waals surface area contributed by atoms with E-state index in [2.05, 4.69) is 15.6 Å². The van der Waals surface area contributed by atoms with Gasteiger partial charge < -0.3 is 20.4 Å². The molecule has 1 aliphatic carbocycles. The van der Waals surface area contributed by atoms with Gasteiger partial charge in [0.1, 0.15) is 11.7 Å². The van der Waals surface area contributed by atoms with E-state index in [9.17, 15) is 32.3 Å². The van der Waals surface area contributed by atoms with Crippen molar-refractivity contribution in [3.05, 3.63) is 59.4 Å². The first-order chi connectivity index (χ1) is 20.9. The zero-order valence-electron chi connectivity index (χ0n) is 23.9. The number of carbonyl (C=O) groups is 4. The highest BCUT2D eigenvalue weighted by molar-refractivity contribution is 6.11. The quantitative estimate of drug-likeness (QED) is 0.467. The number of piperazine rings is 1. The molecule has 2 aromatic rings. The molecule has 44 heavy (non-hydrogen) atoms. The molecule has 2 aliphatic heterocycles. The molecule has 1 atom stereocenters. The maximum atomic E-state index is 15.2. The second kappa shape index (κ2) is 12.6. The van der Waals surface area contributed by atoms with Crippen LogP contribution >= 0.6 is 0 Å². The van der Waals surface area contributed by atoms with Crippen LogP contribution in [0.5, 0.6) is 0 Å². The summed E-state index contributed by atoms with van der Waals surface area (Å²) < 4.78 is 56.3. The first-order valence-electron chi connectivity index (χ1n) is 14.3. The molecule has 3 aliphatic rings. The average molecular weight is 614 g/mol. The SMILES string of the molecule is CN1CCN(c2ccc(-c3cc(C(=O)NC4CCCCC4)ccc3F)cc2NC(=O)C2C=NC(=O)C=C2C(F)(F)F)CC1=O. The summed E-state index contributed by atoms with van der Waals surface area (Å²) in [6, 6.07) is 8.43. The molecular formula is C31H31F4N5O4. The van der Waals surface area contributed by atoms with E-state index in [1.54, 1.807) is 18.0 Å². The van der Waals surface area contributed by atoms with Crippen molar-refractivity contribution >= 4 is 41.2 Å². The van der Waals surface area contributed by atoms with Gasteiger partial charge in [-0.05, 0) is 48.7 Å². The van der Waals surface area contributed by atoms with E-state index < -0.39 is 35.3 Å². The molecule has 4 amide bonds. The predicted molar refractivity (Wildman–Crippen MR) is 156 cm³/mol. The van der Waals surface area contributed by atoms with Crippen molar-refractivity contribution in [3.8, 4) is 11.1 Å². The van der Waals surface area contributed by atoms with Gasteiger partial charge in [-0.3, -0.25) is 19.2 Å². The molecule has 2 aromatic carbocycles. The fourth-order valence-corrected chi connectivity index (χ4v) is 5.61. The van der Waals surface area contributed by atoms with E-state index in [4.69, 9.17) is 0 Å². The van der Waals surface area contributed by atoms with Crippen LogP contribution in [-0.2, 0) is 14.4 Å². The monoisotopic (exact) mass is 613 g/mol. The fourth-order valence-electron chi connectivity index (χ4n) is 5.61. The molecule has 9 nitrogen and oxygen atoms in total. The van der Waals surface area contributed by atoms with Gasteiger partial charge >= 0.3 is 6.18 Å². The van der Waals surface area contributed by atoms with Gasteiger partial charge in [0, 0.05) is 49.6 Å². The molecule has 2 fully saturated rings. The maximum absolute atomic E-state index is 15.2. The fraction of sp³-hybridized carbons (Fsp3) is 0.387. The lowest BCUT2D eigenvalue weighted by atomic mass is 9.95. The Balaban J connectivity index is 1.49. The molecule has 1 saturated carbocycles. The number of nitrogens with one attached hydrogen (secondary N) is 2. The number of carbonyl (C=O) groups excluding carboxylic acids is 4. The summed E-state index contributed by atoms with van der Waals surface area (Å²) in [6.07, 6.45) is 0.821. The normalized spacial score (nSPS) is 19.6. The van der Waals surface area contributed by atoms with E-state index in [0.29, 0.717) is 25.0 Å². The molecule has 0 radical (unpaired) electrons. The van der Waals surface area contributed by atoms with Crippen molar-refractivity contribution in [2.24, 2.45) is 10.9 Å². The lowest BCUT2D eigenvalue weighted by Gasteiger charge is -2.35. The number of rotatable bonds is 6. The number of dihydropyridines is 1. The zero-order valence-corrected chi connectivity index (χ0v) is 23.9. The van der Waals surface area contributed by atoms with Crippen LogP contribution in [0.3, 0.4) is 0 Å². The number of alkyl halides is 3. The van der Waals surface area contributed by atoms with Gasteiger partial charge in [-0.2, -0.15) is 13.2 Å². The lowest BCUT2D eigenvalue weighted by molar-refractivity contribution is -0.129. The van der Waals surface area contributed by atoms with Gasteiger partial charge in [-0.15, -0.1) is 0 Å². The van der Waals surface area contributed by atoms with Crippen LogP contribution in [0.1, 0.15) is 42.5 Å². The molecule has 5 rings (SSSR count). The number of nitrogens with zero attached hydrogens (tertiary/aromatic N) is 3. The lowest BCUT2D eigenvalue weighted by Crippen LogP contribution is -2.48. The molecule has 2 N–H and O–H groups in total. The van der Waals surface area contributed by atoms with E-state index >= 15 is 4.39 Å². The summed E-state index contributed by atoms with van der Waals surface area (Å²) >= 11 is 0. The second-order valence-electron chi connectivity index (χ2n) is 11.2. The summed E-state index contributed by atoms with van der Waals surface area (Å²) in [6.45, 7) is 0.666. The standard InChI is InChI=1S/C31H31F4N5O4/c1-39-11-12-40(17-28(39)42)26-10-8-18(14-25(26)38-30(44)22-16-36-27(41)15-23(22)31(33,34)35)21-13-19(7-9-24(21)32)29(43)37-20-5-3-2-4-6-20/h7-10,13-16,20,22H,2-6,11-12,17H2,1H3,(H,37,43)(H,38,44). The minimum atomic E-state index is -4.97. The summed E-state index contributed by atoms with van der Waals surface area (Å²) in [5, 5.41) is 5.48. The third kappa shape index (κ3) is 6.81. The van der Waals surface area contributed by atoms with Crippen LogP contribution < -0.4 is 15.5 Å². The Morgan fingerprint density at radius 1 is 1.00 bits per heavy atom. The van der Waals surface area contributed by atoms with E-state index in [1.807, 2.05) is 0 Å². The molecule has 2 heterocycles. The topological polar surface area (TPSA) is 111 Å². The van der Waals surface area contributed by atoms with Crippen LogP contribution in [0, 0.1) is 11.7 Å². The third-order valence-electron chi connectivity index (χ3n) is 8.11. The first kappa shape index (κ1) is 30.9. The Hall–Kier alpha value is -4.55. The number of aliphatic imine (C=N–C) groups is 1. The van der Waals surface area contributed by atoms with Crippen LogP contribution in [0.4, 0.5) is 28.9 Å². The molecule has 1 unspecified atom stereocenters. The Bertz CT molecular complexity index is 1550. The van der Waals surface area contributed by atoms with Crippen molar-refractivity contribution in [3.63, 3.8) is 0 Å². The predicted octanol–water partition coefficient (Wildman–Crippen LogP) is 4.49. The minimum Gasteiger partial charge on any atom is -0.359 e. The van der Waals surface area contributed by atoms with Crippen LogP contribution in [0.25, 0.3) is 11.1 Å². The molecule has 0 bridgehead atoms. The van der Waals surface area contributed by atoms with E-state index in [-0.39, 0.29) is 52.9 Å². The Morgan fingerprint density at radius 3 is 2.45 bits per heavy atom. The number of hydrogen-bond donors (Lipinski definition) is 2.